The van der Waals surface area contributed by atoms with Crippen LogP contribution in [0, 0.1) is 0 Å². The van der Waals surface area contributed by atoms with Crippen LogP contribution in [0.25, 0.3) is 0 Å². The summed E-state index contributed by atoms with van der Waals surface area (Å²) in [7, 11) is 0. The predicted octanol–water partition coefficient (Wildman–Crippen LogP) is 2.90. The molecule has 4 nitrogen and oxygen atoms in total. The van der Waals surface area contributed by atoms with E-state index in [2.05, 4.69) is 31.2 Å². The van der Waals surface area contributed by atoms with Gasteiger partial charge in [0.2, 0.25) is 0 Å². The van der Waals surface area contributed by atoms with Crippen LogP contribution in [0.15, 0.2) is 27.7 Å². The fourth-order valence-electron chi connectivity index (χ4n) is 1.30. The van der Waals surface area contributed by atoms with Crippen molar-refractivity contribution in [3.05, 3.63) is 42.5 Å². The molecule has 0 fully saturated rings. The Morgan fingerprint density at radius 3 is 3.06 bits per heavy atom. The molecule has 0 saturated heterocycles. The van der Waals surface area contributed by atoms with Gasteiger partial charge in [-0.1, -0.05) is 11.6 Å². The van der Waals surface area contributed by atoms with Crippen LogP contribution in [0.2, 0.25) is 4.34 Å². The normalized spacial score (nSPS) is 10.5. The zero-order valence-corrected chi connectivity index (χ0v) is 11.8. The SMILES string of the molecule is O=c1[nH]cnc(NCCc2ccc(Cl)s2)c1Br. The van der Waals surface area contributed by atoms with Gasteiger partial charge in [-0.3, -0.25) is 4.79 Å². The van der Waals surface area contributed by atoms with Gasteiger partial charge in [-0.15, -0.1) is 11.3 Å². The Morgan fingerprint density at radius 1 is 1.53 bits per heavy atom. The second-order valence-electron chi connectivity index (χ2n) is 3.28. The molecule has 17 heavy (non-hydrogen) atoms. The minimum atomic E-state index is -0.193. The summed E-state index contributed by atoms with van der Waals surface area (Å²) in [4.78, 5) is 19.0. The number of rotatable bonds is 4. The predicted molar refractivity (Wildman–Crippen MR) is 74.1 cm³/mol. The van der Waals surface area contributed by atoms with Crippen molar-refractivity contribution < 1.29 is 0 Å². The van der Waals surface area contributed by atoms with Crippen LogP contribution >= 0.6 is 38.9 Å². The summed E-state index contributed by atoms with van der Waals surface area (Å²) in [6.45, 7) is 0.700. The first-order chi connectivity index (χ1) is 8.16. The minimum absolute atomic E-state index is 0.193. The van der Waals surface area contributed by atoms with Gasteiger partial charge in [-0.2, -0.15) is 0 Å². The molecule has 0 radical (unpaired) electrons. The third-order valence-corrected chi connectivity index (χ3v) is 4.12. The average Bonchev–Trinajstić information content (AvgIpc) is 2.70. The van der Waals surface area contributed by atoms with Crippen molar-refractivity contribution in [3.8, 4) is 0 Å². The quantitative estimate of drug-likeness (QED) is 0.904. The highest BCUT2D eigenvalue weighted by Gasteiger charge is 2.04. The number of H-pyrrole nitrogens is 1. The Balaban J connectivity index is 1.94. The Bertz CT molecular complexity index is 569. The number of hydrogen-bond donors (Lipinski definition) is 2. The van der Waals surface area contributed by atoms with Crippen LogP contribution in [0.5, 0.6) is 0 Å². The molecule has 2 aromatic heterocycles. The Hall–Kier alpha value is -0.850. The van der Waals surface area contributed by atoms with Crippen molar-refractivity contribution in [2.24, 2.45) is 0 Å². The van der Waals surface area contributed by atoms with Gasteiger partial charge in [0.15, 0.2) is 0 Å². The maximum atomic E-state index is 11.3. The number of aromatic amines is 1. The molecule has 2 N–H and O–H groups in total. The topological polar surface area (TPSA) is 57.8 Å². The minimum Gasteiger partial charge on any atom is -0.369 e. The zero-order chi connectivity index (χ0) is 12.3. The molecule has 2 rings (SSSR count). The van der Waals surface area contributed by atoms with Gasteiger partial charge < -0.3 is 10.3 Å². The molecular weight excluding hydrogens is 326 g/mol. The van der Waals surface area contributed by atoms with Gasteiger partial charge >= 0.3 is 0 Å². The van der Waals surface area contributed by atoms with Crippen molar-refractivity contribution in [3.63, 3.8) is 0 Å². The van der Waals surface area contributed by atoms with Crippen LogP contribution in [-0.4, -0.2) is 16.5 Å². The van der Waals surface area contributed by atoms with E-state index in [1.165, 1.54) is 11.2 Å². The van der Waals surface area contributed by atoms with E-state index in [1.807, 2.05) is 12.1 Å². The van der Waals surface area contributed by atoms with E-state index in [1.54, 1.807) is 11.3 Å². The highest BCUT2D eigenvalue weighted by Crippen LogP contribution is 2.22. The van der Waals surface area contributed by atoms with Crippen LogP contribution in [-0.2, 0) is 6.42 Å². The van der Waals surface area contributed by atoms with Crippen LogP contribution in [0.4, 0.5) is 5.82 Å². The molecule has 0 aromatic carbocycles. The lowest BCUT2D eigenvalue weighted by Gasteiger charge is -2.05. The summed E-state index contributed by atoms with van der Waals surface area (Å²) < 4.78 is 1.21. The molecule has 0 saturated carbocycles. The molecule has 2 heterocycles. The van der Waals surface area contributed by atoms with Crippen molar-refractivity contribution in [2.45, 2.75) is 6.42 Å². The molecule has 0 unspecified atom stereocenters. The van der Waals surface area contributed by atoms with Crippen molar-refractivity contribution >= 4 is 44.7 Å². The van der Waals surface area contributed by atoms with Gasteiger partial charge in [-0.25, -0.2) is 4.98 Å². The monoisotopic (exact) mass is 333 g/mol. The number of aromatic nitrogens is 2. The average molecular weight is 335 g/mol. The molecule has 0 amide bonds. The fourth-order valence-corrected chi connectivity index (χ4v) is 2.74. The summed E-state index contributed by atoms with van der Waals surface area (Å²) in [5.74, 6) is 0.552. The first-order valence-corrected chi connectivity index (χ1v) is 6.87. The second kappa shape index (κ2) is 5.66. The Morgan fingerprint density at radius 2 is 2.35 bits per heavy atom. The summed E-state index contributed by atoms with van der Waals surface area (Å²) in [5, 5.41) is 3.10. The standard InChI is InChI=1S/C10H9BrClN3OS/c11-8-9(14-5-15-10(8)16)13-4-3-6-1-2-7(12)17-6/h1-2,5H,3-4H2,(H2,13,14,15,16). The Labute approximate surface area is 115 Å². The van der Waals surface area contributed by atoms with Crippen molar-refractivity contribution in [1.29, 1.82) is 0 Å². The Kier molecular flexibility index (Phi) is 4.20. The highest BCUT2D eigenvalue weighted by molar-refractivity contribution is 9.10. The van der Waals surface area contributed by atoms with Gasteiger partial charge in [0.1, 0.15) is 10.3 Å². The molecule has 0 aliphatic rings. The molecule has 7 heteroatoms. The maximum absolute atomic E-state index is 11.3. The van der Waals surface area contributed by atoms with Crippen LogP contribution < -0.4 is 10.9 Å². The van der Waals surface area contributed by atoms with E-state index < -0.39 is 0 Å². The van der Waals surface area contributed by atoms with Gasteiger partial charge in [0.25, 0.3) is 5.56 Å². The lowest BCUT2D eigenvalue weighted by Crippen LogP contribution is -2.13. The number of anilines is 1. The van der Waals surface area contributed by atoms with E-state index in [9.17, 15) is 4.79 Å². The molecule has 0 aliphatic heterocycles. The molecule has 0 atom stereocenters. The molecule has 0 bridgehead atoms. The lowest BCUT2D eigenvalue weighted by molar-refractivity contribution is 1.00. The molecular formula is C10H9BrClN3OS. The number of nitrogens with zero attached hydrogens (tertiary/aromatic N) is 1. The van der Waals surface area contributed by atoms with E-state index in [4.69, 9.17) is 11.6 Å². The maximum Gasteiger partial charge on any atom is 0.267 e. The third-order valence-electron chi connectivity index (χ3n) is 2.09. The molecule has 0 aliphatic carbocycles. The van der Waals surface area contributed by atoms with Crippen LogP contribution in [0.3, 0.4) is 0 Å². The van der Waals surface area contributed by atoms with Crippen molar-refractivity contribution in [2.75, 3.05) is 11.9 Å². The first kappa shape index (κ1) is 12.6. The summed E-state index contributed by atoms with van der Waals surface area (Å²) in [6.07, 6.45) is 2.22. The summed E-state index contributed by atoms with van der Waals surface area (Å²) in [6, 6.07) is 3.87. The fraction of sp³-hybridized carbons (Fsp3) is 0.200. The van der Waals surface area contributed by atoms with E-state index >= 15 is 0 Å². The molecule has 0 spiro atoms. The van der Waals surface area contributed by atoms with Gasteiger partial charge in [-0.05, 0) is 34.5 Å². The molecule has 2 aromatic rings. The first-order valence-electron chi connectivity index (χ1n) is 4.88. The molecule has 90 valence electrons. The largest absolute Gasteiger partial charge is 0.369 e. The van der Waals surface area contributed by atoms with Gasteiger partial charge in [0, 0.05) is 11.4 Å². The number of nitrogens with one attached hydrogen (secondary N) is 2. The number of halogens is 2. The smallest absolute Gasteiger partial charge is 0.267 e. The summed E-state index contributed by atoms with van der Waals surface area (Å²) >= 11 is 10.6. The van der Waals surface area contributed by atoms with E-state index in [0.29, 0.717) is 16.8 Å². The highest BCUT2D eigenvalue weighted by atomic mass is 79.9. The van der Waals surface area contributed by atoms with E-state index in [-0.39, 0.29) is 5.56 Å². The number of thiophene rings is 1. The zero-order valence-electron chi connectivity index (χ0n) is 8.67. The second-order valence-corrected chi connectivity index (χ2v) is 5.87. The number of hydrogen-bond acceptors (Lipinski definition) is 4. The van der Waals surface area contributed by atoms with Crippen molar-refractivity contribution in [1.82, 2.24) is 9.97 Å². The summed E-state index contributed by atoms with van der Waals surface area (Å²) in [5.41, 5.74) is -0.193. The third kappa shape index (κ3) is 3.31. The van der Waals surface area contributed by atoms with Gasteiger partial charge in [0.05, 0.1) is 10.7 Å². The van der Waals surface area contributed by atoms with E-state index in [0.717, 1.165) is 10.8 Å². The lowest BCUT2D eigenvalue weighted by atomic mass is 10.3. The van der Waals surface area contributed by atoms with Crippen LogP contribution in [0.1, 0.15) is 4.88 Å².